The van der Waals surface area contributed by atoms with Crippen LogP contribution in [0.2, 0.25) is 0 Å². The van der Waals surface area contributed by atoms with Crippen molar-refractivity contribution in [2.45, 2.75) is 23.3 Å². The summed E-state index contributed by atoms with van der Waals surface area (Å²) < 4.78 is 91.2. The van der Waals surface area contributed by atoms with E-state index in [4.69, 9.17) is 9.15 Å². The number of alkyl halides is 6. The maximum Gasteiger partial charge on any atom is 0.433 e. The summed E-state index contributed by atoms with van der Waals surface area (Å²) >= 11 is 0.939. The summed E-state index contributed by atoms with van der Waals surface area (Å²) in [5.74, 6) is 0.392. The zero-order valence-corrected chi connectivity index (χ0v) is 22.4. The number of rotatable bonds is 6. The number of thioether (sulfide) groups is 1. The van der Waals surface area contributed by atoms with Gasteiger partial charge in [0, 0.05) is 51.0 Å². The number of halogens is 6. The SMILES string of the molecule is O=C(c1ccc(CSc2nc(N3CCN(c4cccc(C(F)(F)F)c4)CC3)cc(C(F)(F)F)n2)o1)N1CCOCC1. The molecule has 0 N–H and O–H groups in total. The average Bonchev–Trinajstić information content (AvgIpc) is 3.44. The number of hydrogen-bond acceptors (Lipinski definition) is 8. The van der Waals surface area contributed by atoms with Crippen molar-refractivity contribution >= 4 is 29.2 Å². The molecule has 3 aromatic rings. The molecule has 1 amide bonds. The Morgan fingerprint density at radius 1 is 0.854 bits per heavy atom. The van der Waals surface area contributed by atoms with Gasteiger partial charge in [-0.25, -0.2) is 9.97 Å². The van der Waals surface area contributed by atoms with Crippen LogP contribution < -0.4 is 9.80 Å². The molecule has 0 bridgehead atoms. The third kappa shape index (κ3) is 7.07. The van der Waals surface area contributed by atoms with Crippen LogP contribution in [0.4, 0.5) is 37.8 Å². The molecule has 0 saturated carbocycles. The van der Waals surface area contributed by atoms with Gasteiger partial charge in [0.2, 0.25) is 0 Å². The molecule has 0 aliphatic carbocycles. The third-order valence-corrected chi connectivity index (χ3v) is 7.51. The predicted octanol–water partition coefficient (Wildman–Crippen LogP) is 5.20. The third-order valence-electron chi connectivity index (χ3n) is 6.64. The topological polar surface area (TPSA) is 74.9 Å². The summed E-state index contributed by atoms with van der Waals surface area (Å²) in [6.45, 7) is 2.84. The van der Waals surface area contributed by atoms with Crippen molar-refractivity contribution in [2.75, 3.05) is 62.3 Å². The molecule has 2 saturated heterocycles. The lowest BCUT2D eigenvalue weighted by Gasteiger charge is -2.37. The van der Waals surface area contributed by atoms with E-state index < -0.39 is 23.6 Å². The second kappa shape index (κ2) is 11.8. The highest BCUT2D eigenvalue weighted by Gasteiger charge is 2.35. The molecule has 41 heavy (non-hydrogen) atoms. The normalized spacial score (nSPS) is 16.8. The van der Waals surface area contributed by atoms with E-state index >= 15 is 0 Å². The molecule has 0 unspecified atom stereocenters. The second-order valence-electron chi connectivity index (χ2n) is 9.37. The van der Waals surface area contributed by atoms with Crippen LogP contribution in [-0.4, -0.2) is 73.3 Å². The van der Waals surface area contributed by atoms with Gasteiger partial charge in [-0.3, -0.25) is 4.79 Å². The largest absolute Gasteiger partial charge is 0.455 e. The highest BCUT2D eigenvalue weighted by atomic mass is 32.2. The summed E-state index contributed by atoms with van der Waals surface area (Å²) in [5.41, 5.74) is -1.48. The van der Waals surface area contributed by atoms with Crippen LogP contribution in [0, 0.1) is 0 Å². The summed E-state index contributed by atoms with van der Waals surface area (Å²) in [7, 11) is 0. The number of furan rings is 1. The van der Waals surface area contributed by atoms with E-state index in [-0.39, 0.29) is 41.5 Å². The van der Waals surface area contributed by atoms with Crippen molar-refractivity contribution in [3.8, 4) is 0 Å². The number of hydrogen-bond donors (Lipinski definition) is 0. The highest BCUT2D eigenvalue weighted by Crippen LogP contribution is 2.34. The Morgan fingerprint density at radius 3 is 2.24 bits per heavy atom. The molecule has 8 nitrogen and oxygen atoms in total. The first-order valence-corrected chi connectivity index (χ1v) is 13.7. The Balaban J connectivity index is 1.26. The van der Waals surface area contributed by atoms with Gasteiger partial charge in [0.25, 0.3) is 5.91 Å². The Labute approximate surface area is 235 Å². The molecule has 0 radical (unpaired) electrons. The number of ether oxygens (including phenoxy) is 1. The molecule has 2 aliphatic rings. The van der Waals surface area contributed by atoms with Crippen molar-refractivity contribution in [3.05, 3.63) is 65.2 Å². The fraction of sp³-hybridized carbons (Fsp3) is 0.423. The first-order chi connectivity index (χ1) is 19.5. The monoisotopic (exact) mass is 601 g/mol. The van der Waals surface area contributed by atoms with Gasteiger partial charge in [-0.15, -0.1) is 0 Å². The fourth-order valence-electron chi connectivity index (χ4n) is 4.49. The van der Waals surface area contributed by atoms with Gasteiger partial charge in [-0.05, 0) is 30.3 Å². The summed E-state index contributed by atoms with van der Waals surface area (Å²) in [6.07, 6.45) is -9.19. The van der Waals surface area contributed by atoms with E-state index in [0.717, 1.165) is 30.0 Å². The maximum atomic E-state index is 13.7. The minimum Gasteiger partial charge on any atom is -0.455 e. The van der Waals surface area contributed by atoms with E-state index in [9.17, 15) is 31.1 Å². The summed E-state index contributed by atoms with van der Waals surface area (Å²) in [6, 6.07) is 8.93. The lowest BCUT2D eigenvalue weighted by Crippen LogP contribution is -2.47. The Hall–Kier alpha value is -3.46. The van der Waals surface area contributed by atoms with Crippen molar-refractivity contribution in [1.29, 1.82) is 0 Å². The van der Waals surface area contributed by atoms with E-state index in [2.05, 4.69) is 9.97 Å². The van der Waals surface area contributed by atoms with Crippen LogP contribution in [0.15, 0.2) is 52.0 Å². The fourth-order valence-corrected chi connectivity index (χ4v) is 5.23. The molecule has 0 spiro atoms. The van der Waals surface area contributed by atoms with Crippen LogP contribution in [0.25, 0.3) is 0 Å². The van der Waals surface area contributed by atoms with Gasteiger partial charge >= 0.3 is 12.4 Å². The van der Waals surface area contributed by atoms with Crippen molar-refractivity contribution in [3.63, 3.8) is 0 Å². The molecular formula is C26H25F6N5O3S. The van der Waals surface area contributed by atoms with Gasteiger partial charge in [0.1, 0.15) is 11.6 Å². The molecule has 1 aromatic carbocycles. The molecule has 0 atom stereocenters. The molecule has 2 fully saturated rings. The first kappa shape index (κ1) is 29.0. The first-order valence-electron chi connectivity index (χ1n) is 12.7. The standard InChI is InChI=1S/C26H25F6N5O3S/c27-25(28,29)17-2-1-3-18(14-17)35-6-8-36(9-7-35)22-15-21(26(30,31)32)33-24(34-22)41-16-19-4-5-20(40-19)23(38)37-10-12-39-13-11-37/h1-5,14-15H,6-13,16H2. The molecular weight excluding hydrogens is 576 g/mol. The lowest BCUT2D eigenvalue weighted by atomic mass is 10.1. The number of carbonyl (C=O) groups excluding carboxylic acids is 1. The Morgan fingerprint density at radius 2 is 1.56 bits per heavy atom. The molecule has 4 heterocycles. The van der Waals surface area contributed by atoms with Gasteiger partial charge in [0.05, 0.1) is 24.5 Å². The molecule has 15 heteroatoms. The minimum atomic E-state index is -4.71. The summed E-state index contributed by atoms with van der Waals surface area (Å²) in [5, 5.41) is -0.118. The number of nitrogens with zero attached hydrogens (tertiary/aromatic N) is 5. The van der Waals surface area contributed by atoms with Crippen molar-refractivity contribution < 1.29 is 40.3 Å². The van der Waals surface area contributed by atoms with E-state index in [1.54, 1.807) is 26.8 Å². The lowest BCUT2D eigenvalue weighted by molar-refractivity contribution is -0.141. The van der Waals surface area contributed by atoms with Gasteiger partial charge < -0.3 is 23.9 Å². The number of amides is 1. The van der Waals surface area contributed by atoms with Crippen LogP contribution in [0.3, 0.4) is 0 Å². The average molecular weight is 602 g/mol. The molecule has 220 valence electrons. The van der Waals surface area contributed by atoms with Gasteiger partial charge in [-0.1, -0.05) is 17.8 Å². The number of aromatic nitrogens is 2. The van der Waals surface area contributed by atoms with E-state index in [0.29, 0.717) is 50.8 Å². The molecule has 2 aromatic heterocycles. The zero-order valence-electron chi connectivity index (χ0n) is 21.5. The highest BCUT2D eigenvalue weighted by molar-refractivity contribution is 7.98. The molecule has 2 aliphatic heterocycles. The number of morpholine rings is 1. The van der Waals surface area contributed by atoms with Gasteiger partial charge in [0.15, 0.2) is 16.6 Å². The number of carbonyl (C=O) groups is 1. The van der Waals surface area contributed by atoms with Crippen LogP contribution in [0.1, 0.15) is 27.6 Å². The van der Waals surface area contributed by atoms with Crippen LogP contribution in [0.5, 0.6) is 0 Å². The van der Waals surface area contributed by atoms with Crippen molar-refractivity contribution in [1.82, 2.24) is 14.9 Å². The summed E-state index contributed by atoms with van der Waals surface area (Å²) in [4.78, 5) is 25.6. The minimum absolute atomic E-state index is 0.0705. The Bertz CT molecular complexity index is 1370. The van der Waals surface area contributed by atoms with Crippen LogP contribution in [-0.2, 0) is 22.8 Å². The zero-order chi connectivity index (χ0) is 29.2. The Kier molecular flexibility index (Phi) is 8.36. The predicted molar refractivity (Wildman–Crippen MR) is 138 cm³/mol. The quantitative estimate of drug-likeness (QED) is 0.217. The van der Waals surface area contributed by atoms with E-state index in [1.165, 1.54) is 12.1 Å². The second-order valence-corrected chi connectivity index (χ2v) is 10.3. The van der Waals surface area contributed by atoms with Crippen LogP contribution >= 0.6 is 11.8 Å². The van der Waals surface area contributed by atoms with Gasteiger partial charge in [-0.2, -0.15) is 26.3 Å². The smallest absolute Gasteiger partial charge is 0.433 e. The van der Waals surface area contributed by atoms with E-state index in [1.807, 2.05) is 0 Å². The maximum absolute atomic E-state index is 13.7. The number of piperazine rings is 1. The number of benzene rings is 1. The number of anilines is 2. The molecule has 5 rings (SSSR count). The van der Waals surface area contributed by atoms with Crippen molar-refractivity contribution in [2.24, 2.45) is 0 Å².